The first kappa shape index (κ1) is 44.2. The van der Waals surface area contributed by atoms with Gasteiger partial charge in [0.05, 0.1) is 0 Å². The summed E-state index contributed by atoms with van der Waals surface area (Å²) in [6.45, 7) is 27.7. The second kappa shape index (κ2) is 15.4. The van der Waals surface area contributed by atoms with Gasteiger partial charge in [-0.25, -0.2) is 0 Å². The Kier molecular flexibility index (Phi) is 12.6. The maximum atomic E-state index is 14.4. The van der Waals surface area contributed by atoms with Gasteiger partial charge in [0.15, 0.2) is 0 Å². The van der Waals surface area contributed by atoms with Crippen molar-refractivity contribution in [3.05, 3.63) is 150 Å². The summed E-state index contributed by atoms with van der Waals surface area (Å²) in [5.74, 6) is 0. The summed E-state index contributed by atoms with van der Waals surface area (Å²) < 4.78 is 45.8. The molecule has 0 fully saturated rings. The number of allylic oxidation sites excluding steroid dienone is 4. The molecule has 0 saturated carbocycles. The normalized spacial score (nSPS) is 14.9. The molecule has 4 aromatic carbocycles. The third-order valence-electron chi connectivity index (χ3n) is 10.7. The van der Waals surface area contributed by atoms with E-state index in [1.807, 2.05) is 24.3 Å². The van der Waals surface area contributed by atoms with Crippen LogP contribution in [0.2, 0.25) is 0 Å². The molecule has 6 heteroatoms. The van der Waals surface area contributed by atoms with Crippen molar-refractivity contribution >= 4 is 3.21 Å². The zero-order valence-corrected chi connectivity index (χ0v) is 37.9. The molecule has 4 aromatic rings. The molecule has 0 aromatic heterocycles. The van der Waals surface area contributed by atoms with Crippen LogP contribution in [0.25, 0.3) is 11.1 Å². The zero-order valence-electron chi connectivity index (χ0n) is 33.9. The molecule has 0 heterocycles. The van der Waals surface area contributed by atoms with Crippen molar-refractivity contribution in [1.29, 1.82) is 0 Å². The van der Waals surface area contributed by atoms with Crippen LogP contribution in [0.3, 0.4) is 0 Å². The Morgan fingerprint density at radius 2 is 1.00 bits per heavy atom. The first-order valence-electron chi connectivity index (χ1n) is 18.7. The molecule has 2 aliphatic rings. The average Bonchev–Trinajstić information content (AvgIpc) is 3.67. The van der Waals surface area contributed by atoms with Crippen LogP contribution in [0.4, 0.5) is 13.2 Å². The summed E-state index contributed by atoms with van der Waals surface area (Å²) in [6.07, 6.45) is 3.09. The molecule has 54 heavy (non-hydrogen) atoms. The van der Waals surface area contributed by atoms with Crippen LogP contribution >= 0.6 is 0 Å². The first-order chi connectivity index (χ1) is 24.0. The topological polar surface area (TPSA) is 0 Å². The Morgan fingerprint density at radius 3 is 1.41 bits per heavy atom. The molecular formula is C48H55Cl2F3Zr. The fourth-order valence-corrected chi connectivity index (χ4v) is 17.2. The standard InChI is InChI=1S/C29H41.C14H9F3.C5H5.2ClH.Zr/c1-26(2,3)22-14-18-13-19-15-23(27(4,5)6)25(29(10,11)12)17-21(19)20(18)16-24(22)28(7,8)9;15-14(16,17)13-8-4-7-12(10-13)9-11-5-2-1-3-6-11;1-2-4-5-3-1;;;/h13-17H,1-12H3;1-8,10H;1-3H,4H2;2*1H;/q;;;;;+2/p-2. The Morgan fingerprint density at radius 1 is 0.556 bits per heavy atom. The van der Waals surface area contributed by atoms with Gasteiger partial charge in [-0.3, -0.25) is 0 Å². The smallest absolute Gasteiger partial charge is 1.00 e. The van der Waals surface area contributed by atoms with E-state index in [0.717, 1.165) is 15.2 Å². The molecular weight excluding hydrogens is 796 g/mol. The Balaban J connectivity index is 0.00000325. The van der Waals surface area contributed by atoms with Crippen molar-refractivity contribution in [2.75, 3.05) is 0 Å². The number of hydrogen-bond donors (Lipinski definition) is 0. The maximum absolute atomic E-state index is 14.4. The summed E-state index contributed by atoms with van der Waals surface area (Å²) in [4.78, 5) is 0. The minimum absolute atomic E-state index is 0. The van der Waals surface area contributed by atoms with Crippen LogP contribution in [-0.2, 0) is 49.1 Å². The van der Waals surface area contributed by atoms with Crippen molar-refractivity contribution in [3.8, 4) is 11.1 Å². The maximum Gasteiger partial charge on any atom is -1.00 e. The van der Waals surface area contributed by atoms with E-state index >= 15 is 0 Å². The fraction of sp³-hybridized carbons (Fsp3) is 0.396. The molecule has 0 N–H and O–H groups in total. The van der Waals surface area contributed by atoms with Gasteiger partial charge in [-0.2, -0.15) is 0 Å². The van der Waals surface area contributed by atoms with E-state index in [2.05, 4.69) is 138 Å². The quantitative estimate of drug-likeness (QED) is 0.198. The molecule has 0 bridgehead atoms. The summed E-state index contributed by atoms with van der Waals surface area (Å²) in [6, 6.07) is 26.5. The Bertz CT molecular complexity index is 2040. The molecule has 0 spiro atoms. The van der Waals surface area contributed by atoms with Crippen LogP contribution in [-0.4, -0.2) is 3.21 Å². The molecule has 0 unspecified atom stereocenters. The summed E-state index contributed by atoms with van der Waals surface area (Å²) in [5.41, 5.74) is 11.5. The third kappa shape index (κ3) is 8.57. The monoisotopic (exact) mass is 848 g/mol. The number of hydrogen-bond acceptors (Lipinski definition) is 0. The molecule has 286 valence electrons. The predicted molar refractivity (Wildman–Crippen MR) is 211 cm³/mol. The molecule has 0 atom stereocenters. The third-order valence-corrected chi connectivity index (χ3v) is 19.0. The molecule has 0 nitrogen and oxygen atoms in total. The van der Waals surface area contributed by atoms with Gasteiger partial charge in [-0.05, 0) is 0 Å². The van der Waals surface area contributed by atoms with Crippen molar-refractivity contribution in [3.63, 3.8) is 0 Å². The second-order valence-corrected chi connectivity index (χ2v) is 25.2. The van der Waals surface area contributed by atoms with E-state index in [1.165, 1.54) is 59.9 Å². The van der Waals surface area contributed by atoms with Gasteiger partial charge in [0.2, 0.25) is 0 Å². The van der Waals surface area contributed by atoms with Crippen molar-refractivity contribution in [2.24, 2.45) is 0 Å². The Hall–Kier alpha value is -2.52. The van der Waals surface area contributed by atoms with Crippen molar-refractivity contribution in [2.45, 2.75) is 121 Å². The van der Waals surface area contributed by atoms with Crippen molar-refractivity contribution < 1.29 is 59.3 Å². The molecule has 0 radical (unpaired) electrons. The van der Waals surface area contributed by atoms with Gasteiger partial charge >= 0.3 is 320 Å². The van der Waals surface area contributed by atoms with Gasteiger partial charge in [-0.1, -0.05) is 0 Å². The van der Waals surface area contributed by atoms with Gasteiger partial charge in [-0.15, -0.1) is 0 Å². The Labute approximate surface area is 342 Å². The zero-order chi connectivity index (χ0) is 38.2. The van der Waals surface area contributed by atoms with E-state index in [-0.39, 0.29) is 50.1 Å². The number of rotatable bonds is 4. The second-order valence-electron chi connectivity index (χ2n) is 19.0. The summed E-state index contributed by atoms with van der Waals surface area (Å²) in [5, 5.41) is 0. The predicted octanol–water partition coefficient (Wildman–Crippen LogP) is 7.70. The van der Waals surface area contributed by atoms with Gasteiger partial charge < -0.3 is 24.8 Å². The summed E-state index contributed by atoms with van der Waals surface area (Å²) in [7, 11) is 0. The molecule has 6 rings (SSSR count). The first-order valence-corrected chi connectivity index (χ1v) is 22.6. The minimum atomic E-state index is -4.43. The molecule has 0 saturated heterocycles. The average molecular weight is 851 g/mol. The van der Waals surface area contributed by atoms with E-state index < -0.39 is 33.0 Å². The summed E-state index contributed by atoms with van der Waals surface area (Å²) >= 11 is -3.27. The number of benzene rings is 4. The van der Waals surface area contributed by atoms with Crippen LogP contribution in [0.5, 0.6) is 0 Å². The minimum Gasteiger partial charge on any atom is -1.00 e. The van der Waals surface area contributed by atoms with Crippen LogP contribution in [0.15, 0.2) is 100 Å². The van der Waals surface area contributed by atoms with Crippen LogP contribution < -0.4 is 24.8 Å². The SMILES string of the molecule is CC(C)(C)c1cc2c(cc1C(C)(C)C)[CH](/[Zr+2]([C]1=CC=CC1)=[C](\c1ccccc1)c1cccc(C(F)(F)F)c1)c1cc(C(C)(C)C)c(C(C)(C)C)cc1-2.[Cl-].[Cl-]. The van der Waals surface area contributed by atoms with E-state index in [4.69, 9.17) is 0 Å². The molecule has 0 aliphatic heterocycles. The van der Waals surface area contributed by atoms with Gasteiger partial charge in [0, 0.05) is 0 Å². The van der Waals surface area contributed by atoms with Crippen molar-refractivity contribution in [1.82, 2.24) is 0 Å². The largest absolute Gasteiger partial charge is 1.00 e. The number of halogens is 5. The number of fused-ring (bicyclic) bond motifs is 3. The molecule has 0 amide bonds. The van der Waals surface area contributed by atoms with E-state index in [9.17, 15) is 13.2 Å². The van der Waals surface area contributed by atoms with E-state index in [0.29, 0.717) is 5.56 Å². The van der Waals surface area contributed by atoms with Crippen LogP contribution in [0.1, 0.15) is 143 Å². The fourth-order valence-electron chi connectivity index (χ4n) is 8.21. The number of alkyl halides is 3. The van der Waals surface area contributed by atoms with E-state index in [1.54, 1.807) is 6.07 Å². The van der Waals surface area contributed by atoms with Crippen LogP contribution in [0, 0.1) is 0 Å². The van der Waals surface area contributed by atoms with Gasteiger partial charge in [0.1, 0.15) is 0 Å². The van der Waals surface area contributed by atoms with Gasteiger partial charge in [0.25, 0.3) is 0 Å². The molecule has 2 aliphatic carbocycles.